The lowest BCUT2D eigenvalue weighted by molar-refractivity contribution is -0.145. The van der Waals surface area contributed by atoms with Gasteiger partial charge in [0.1, 0.15) is 11.8 Å². The lowest BCUT2D eigenvalue weighted by Gasteiger charge is -2.33. The van der Waals surface area contributed by atoms with Gasteiger partial charge in [0, 0.05) is 56.1 Å². The number of likely N-dealkylation sites (tertiary alicyclic amines) is 1. The maximum Gasteiger partial charge on any atom is 0.272 e. The second kappa shape index (κ2) is 19.0. The number of allylic oxidation sites excluding steroid dienone is 2. The molecule has 0 bridgehead atoms. The molecule has 12 heteroatoms. The molecule has 4 aliphatic rings. The molecule has 1 saturated heterocycles. The van der Waals surface area contributed by atoms with Crippen molar-refractivity contribution in [3.05, 3.63) is 35.9 Å². The van der Waals surface area contributed by atoms with Gasteiger partial charge in [-0.25, -0.2) is 4.98 Å². The normalized spacial score (nSPS) is 23.6. The molecule has 1 aliphatic heterocycles. The van der Waals surface area contributed by atoms with Crippen LogP contribution in [0.25, 0.3) is 0 Å². The molecule has 3 aliphatic carbocycles. The van der Waals surface area contributed by atoms with E-state index in [1.54, 1.807) is 11.0 Å². The molecule has 4 fully saturated rings. The van der Waals surface area contributed by atoms with Gasteiger partial charge in [-0.3, -0.25) is 33.8 Å². The van der Waals surface area contributed by atoms with E-state index in [2.05, 4.69) is 20.6 Å². The number of ketones is 3. The van der Waals surface area contributed by atoms with E-state index in [9.17, 15) is 33.9 Å². The summed E-state index contributed by atoms with van der Waals surface area (Å²) in [6, 6.07) is -1.47. The Labute approximate surface area is 313 Å². The van der Waals surface area contributed by atoms with Crippen LogP contribution in [0.4, 0.5) is 0 Å². The molecule has 290 valence electrons. The molecule has 3 amide bonds. The molecule has 53 heavy (non-hydrogen) atoms. The van der Waals surface area contributed by atoms with E-state index in [1.807, 2.05) is 20.8 Å². The minimum absolute atomic E-state index is 0.0222. The number of aliphatic hydroxyl groups is 1. The molecule has 0 spiro atoms. The third kappa shape index (κ3) is 10.9. The highest BCUT2D eigenvalue weighted by molar-refractivity contribution is 5.98. The Morgan fingerprint density at radius 1 is 0.943 bits per heavy atom. The number of Topliss-reactive ketones (excluding diaryl/α,β-unsaturated/α-hetero) is 2. The monoisotopic (exact) mass is 733 g/mol. The highest BCUT2D eigenvalue weighted by atomic mass is 16.3. The summed E-state index contributed by atoms with van der Waals surface area (Å²) in [4.78, 5) is 92.2. The number of aromatic nitrogens is 2. The molecule has 3 saturated carbocycles. The highest BCUT2D eigenvalue weighted by Gasteiger charge is 2.51. The average Bonchev–Trinajstić information content (AvgIpc) is 3.71. The van der Waals surface area contributed by atoms with Gasteiger partial charge in [-0.15, -0.1) is 0 Å². The van der Waals surface area contributed by atoms with Gasteiger partial charge in [-0.2, -0.15) is 0 Å². The van der Waals surface area contributed by atoms with Crippen molar-refractivity contribution >= 4 is 35.1 Å². The standard InChI is InChI=1S/C41H59N5O7/c1-4-9-27(38(50)40(52)44-30-15-16-30)21-35(49)37-32-13-8-12-29(32)24-46(37)41(53)28(14-17-31(47)20-25(2)3)22-34(48)36(26-10-6-5-7-11-26)45-39(51)33-23-42-18-19-43-33/h18-20,23,26-30,32,36-38,50H,4-17,21-22,24H2,1-3H3,(H,44,52)(H,45,51)/t27-,28-,29+,32+,36+,37+,38?/m1/s1. The van der Waals surface area contributed by atoms with Crippen LogP contribution in [-0.2, 0) is 24.0 Å². The number of nitrogens with one attached hydrogen (secondary N) is 2. The van der Waals surface area contributed by atoms with Gasteiger partial charge in [0.25, 0.3) is 5.91 Å². The number of carbonyl (C=O) groups is 6. The smallest absolute Gasteiger partial charge is 0.272 e. The molecule has 7 atom stereocenters. The quantitative estimate of drug-likeness (QED) is 0.170. The Kier molecular flexibility index (Phi) is 14.5. The summed E-state index contributed by atoms with van der Waals surface area (Å²) < 4.78 is 0. The summed E-state index contributed by atoms with van der Waals surface area (Å²) >= 11 is 0. The fourth-order valence-electron chi connectivity index (χ4n) is 8.98. The van der Waals surface area contributed by atoms with Crippen LogP contribution in [0.3, 0.4) is 0 Å². The van der Waals surface area contributed by atoms with Crippen LogP contribution in [0, 0.1) is 29.6 Å². The van der Waals surface area contributed by atoms with Crippen LogP contribution in [0.15, 0.2) is 30.2 Å². The zero-order chi connectivity index (χ0) is 38.1. The summed E-state index contributed by atoms with van der Waals surface area (Å²) in [5.74, 6) is -3.26. The van der Waals surface area contributed by atoms with Gasteiger partial charge in [-0.1, -0.05) is 44.6 Å². The summed E-state index contributed by atoms with van der Waals surface area (Å²) in [6.45, 7) is 6.01. The number of hydrogen-bond acceptors (Lipinski definition) is 9. The van der Waals surface area contributed by atoms with Gasteiger partial charge < -0.3 is 20.6 Å². The maximum absolute atomic E-state index is 14.8. The number of rotatable bonds is 19. The highest BCUT2D eigenvalue weighted by Crippen LogP contribution is 2.44. The molecular formula is C41H59N5O7. The van der Waals surface area contributed by atoms with E-state index in [-0.39, 0.29) is 78.4 Å². The van der Waals surface area contributed by atoms with Gasteiger partial charge in [0.2, 0.25) is 11.8 Å². The molecule has 0 radical (unpaired) electrons. The number of aliphatic hydroxyl groups excluding tert-OH is 1. The van der Waals surface area contributed by atoms with Gasteiger partial charge in [0.05, 0.1) is 18.3 Å². The van der Waals surface area contributed by atoms with E-state index in [0.717, 1.165) is 69.8 Å². The van der Waals surface area contributed by atoms with E-state index in [0.29, 0.717) is 19.4 Å². The SMILES string of the molecule is CCC[C@H](CC(=O)[C@@H]1[C@H]2CCC[C@H]2CN1C(=O)[C@H](CCC(=O)C=C(C)C)CC(=O)[C@@H](NC(=O)c1cnccn1)C1CCCCC1)C(O)C(=O)NC1CC1. The van der Waals surface area contributed by atoms with Crippen molar-refractivity contribution in [1.82, 2.24) is 25.5 Å². The summed E-state index contributed by atoms with van der Waals surface area (Å²) in [6.07, 6.45) is 14.5. The lowest BCUT2D eigenvalue weighted by Crippen LogP contribution is -2.50. The fourth-order valence-corrected chi connectivity index (χ4v) is 8.98. The van der Waals surface area contributed by atoms with E-state index in [4.69, 9.17) is 0 Å². The predicted molar refractivity (Wildman–Crippen MR) is 198 cm³/mol. The van der Waals surface area contributed by atoms with Crippen molar-refractivity contribution in [1.29, 1.82) is 0 Å². The lowest BCUT2D eigenvalue weighted by atomic mass is 9.79. The fraction of sp³-hybridized carbons (Fsp3) is 0.707. The molecule has 12 nitrogen and oxygen atoms in total. The van der Waals surface area contributed by atoms with E-state index >= 15 is 0 Å². The average molecular weight is 734 g/mol. The Balaban J connectivity index is 1.38. The molecule has 1 aromatic rings. The van der Waals surface area contributed by atoms with Crippen molar-refractivity contribution in [2.75, 3.05) is 6.54 Å². The Morgan fingerprint density at radius 2 is 1.70 bits per heavy atom. The summed E-state index contributed by atoms with van der Waals surface area (Å²) in [5.41, 5.74) is 0.938. The van der Waals surface area contributed by atoms with Crippen molar-refractivity contribution in [2.45, 2.75) is 148 Å². The first-order valence-electron chi connectivity index (χ1n) is 20.1. The second-order valence-electron chi connectivity index (χ2n) is 16.3. The summed E-state index contributed by atoms with van der Waals surface area (Å²) in [7, 11) is 0. The maximum atomic E-state index is 14.8. The minimum atomic E-state index is -1.32. The summed E-state index contributed by atoms with van der Waals surface area (Å²) in [5, 5.41) is 16.8. The van der Waals surface area contributed by atoms with Crippen LogP contribution < -0.4 is 10.6 Å². The molecular weight excluding hydrogens is 674 g/mol. The van der Waals surface area contributed by atoms with Crippen molar-refractivity contribution in [3.63, 3.8) is 0 Å². The van der Waals surface area contributed by atoms with Crippen LogP contribution in [0.2, 0.25) is 0 Å². The minimum Gasteiger partial charge on any atom is -0.383 e. The largest absolute Gasteiger partial charge is 0.383 e. The van der Waals surface area contributed by atoms with E-state index < -0.39 is 41.8 Å². The molecule has 2 heterocycles. The van der Waals surface area contributed by atoms with Gasteiger partial charge in [0.15, 0.2) is 17.3 Å². The van der Waals surface area contributed by atoms with Gasteiger partial charge >= 0.3 is 0 Å². The Bertz CT molecular complexity index is 1500. The van der Waals surface area contributed by atoms with Crippen molar-refractivity contribution < 1.29 is 33.9 Å². The molecule has 1 aromatic heterocycles. The van der Waals surface area contributed by atoms with Crippen molar-refractivity contribution in [3.8, 4) is 0 Å². The third-order valence-electron chi connectivity index (χ3n) is 11.8. The topological polar surface area (TPSA) is 176 Å². The van der Waals surface area contributed by atoms with Crippen LogP contribution in [0.1, 0.15) is 134 Å². The number of hydrogen-bond donors (Lipinski definition) is 3. The zero-order valence-corrected chi connectivity index (χ0v) is 31.8. The van der Waals surface area contributed by atoms with Gasteiger partial charge in [-0.05, 0) is 89.0 Å². The third-order valence-corrected chi connectivity index (χ3v) is 11.8. The molecule has 0 aromatic carbocycles. The Morgan fingerprint density at radius 3 is 2.36 bits per heavy atom. The predicted octanol–water partition coefficient (Wildman–Crippen LogP) is 4.69. The number of amides is 3. The molecule has 3 N–H and O–H groups in total. The van der Waals surface area contributed by atoms with Crippen molar-refractivity contribution in [2.24, 2.45) is 29.6 Å². The Hall–Kier alpha value is -3.80. The first-order chi connectivity index (χ1) is 25.5. The molecule has 5 rings (SSSR count). The number of carbonyl (C=O) groups excluding carboxylic acids is 6. The number of fused-ring (bicyclic) bond motifs is 1. The first kappa shape index (κ1) is 40.4. The second-order valence-corrected chi connectivity index (χ2v) is 16.3. The van der Waals surface area contributed by atoms with Crippen LogP contribution in [0.5, 0.6) is 0 Å². The zero-order valence-electron chi connectivity index (χ0n) is 31.8. The number of nitrogens with zero attached hydrogens (tertiary/aromatic N) is 3. The molecule has 1 unspecified atom stereocenters. The first-order valence-corrected chi connectivity index (χ1v) is 20.1. The van der Waals surface area contributed by atoms with Crippen LogP contribution >= 0.6 is 0 Å². The van der Waals surface area contributed by atoms with Crippen LogP contribution in [-0.4, -0.2) is 85.8 Å². The van der Waals surface area contributed by atoms with E-state index in [1.165, 1.54) is 18.6 Å².